The highest BCUT2D eigenvalue weighted by Gasteiger charge is 1.95. The number of halogens is 1. The van der Waals surface area contributed by atoms with Crippen molar-refractivity contribution in [2.24, 2.45) is 0 Å². The maximum atomic E-state index is 11.7. The van der Waals surface area contributed by atoms with Crippen molar-refractivity contribution in [3.05, 3.63) is 23.9 Å². The standard InChI is InChI=1S/C9H10FNO2/c10-4-1-5-13-9-3-2-8(7-12)6-11-9/h2-3,6-7H,1,4-5H2. The molecule has 0 saturated carbocycles. The van der Waals surface area contributed by atoms with Crippen LogP contribution in [0.5, 0.6) is 5.88 Å². The van der Waals surface area contributed by atoms with Crippen LogP contribution in [0.2, 0.25) is 0 Å². The summed E-state index contributed by atoms with van der Waals surface area (Å²) in [5.74, 6) is 0.416. The Hall–Kier alpha value is -1.45. The summed E-state index contributed by atoms with van der Waals surface area (Å²) in [5.41, 5.74) is 0.498. The van der Waals surface area contributed by atoms with Crippen LogP contribution in [0.25, 0.3) is 0 Å². The lowest BCUT2D eigenvalue weighted by Crippen LogP contribution is -1.99. The van der Waals surface area contributed by atoms with Gasteiger partial charge in [-0.05, 0) is 6.07 Å². The van der Waals surface area contributed by atoms with Gasteiger partial charge in [-0.25, -0.2) is 4.98 Å². The molecular weight excluding hydrogens is 173 g/mol. The maximum Gasteiger partial charge on any atom is 0.213 e. The van der Waals surface area contributed by atoms with E-state index in [2.05, 4.69) is 4.98 Å². The lowest BCUT2D eigenvalue weighted by molar-refractivity contribution is 0.112. The molecule has 0 spiro atoms. The quantitative estimate of drug-likeness (QED) is 0.514. The van der Waals surface area contributed by atoms with E-state index >= 15 is 0 Å². The van der Waals surface area contributed by atoms with E-state index in [1.54, 1.807) is 12.1 Å². The Bertz CT molecular complexity index is 261. The molecule has 0 unspecified atom stereocenters. The Morgan fingerprint density at radius 3 is 2.92 bits per heavy atom. The van der Waals surface area contributed by atoms with Gasteiger partial charge in [0.25, 0.3) is 0 Å². The molecule has 0 aliphatic heterocycles. The zero-order chi connectivity index (χ0) is 9.52. The molecule has 0 saturated heterocycles. The Morgan fingerprint density at radius 1 is 1.54 bits per heavy atom. The van der Waals surface area contributed by atoms with Gasteiger partial charge in [-0.1, -0.05) is 0 Å². The summed E-state index contributed by atoms with van der Waals surface area (Å²) in [7, 11) is 0. The first kappa shape index (κ1) is 9.64. The molecule has 1 rings (SSSR count). The normalized spacial score (nSPS) is 9.62. The second kappa shape index (κ2) is 5.24. The molecule has 0 aliphatic rings. The van der Waals surface area contributed by atoms with Crippen LogP contribution in [0.4, 0.5) is 4.39 Å². The van der Waals surface area contributed by atoms with Gasteiger partial charge in [-0.2, -0.15) is 0 Å². The largest absolute Gasteiger partial charge is 0.478 e. The van der Waals surface area contributed by atoms with Crippen LogP contribution >= 0.6 is 0 Å². The monoisotopic (exact) mass is 183 g/mol. The number of hydrogen-bond acceptors (Lipinski definition) is 3. The van der Waals surface area contributed by atoms with Crippen LogP contribution in [0.1, 0.15) is 16.8 Å². The van der Waals surface area contributed by atoms with Crippen molar-refractivity contribution in [3.63, 3.8) is 0 Å². The lowest BCUT2D eigenvalue weighted by Gasteiger charge is -2.02. The van der Waals surface area contributed by atoms with Crippen molar-refractivity contribution >= 4 is 6.29 Å². The molecule has 3 nitrogen and oxygen atoms in total. The van der Waals surface area contributed by atoms with Gasteiger partial charge in [0.1, 0.15) is 0 Å². The average Bonchev–Trinajstić information content (AvgIpc) is 2.19. The number of hydrogen-bond donors (Lipinski definition) is 0. The number of carbonyl (C=O) groups excluding carboxylic acids is 1. The lowest BCUT2D eigenvalue weighted by atomic mass is 10.3. The smallest absolute Gasteiger partial charge is 0.213 e. The van der Waals surface area contributed by atoms with Gasteiger partial charge in [0.15, 0.2) is 6.29 Å². The van der Waals surface area contributed by atoms with Crippen LogP contribution in [0.3, 0.4) is 0 Å². The topological polar surface area (TPSA) is 39.2 Å². The van der Waals surface area contributed by atoms with E-state index in [0.717, 1.165) is 0 Å². The van der Waals surface area contributed by atoms with Crippen molar-refractivity contribution in [3.8, 4) is 5.88 Å². The fraction of sp³-hybridized carbons (Fsp3) is 0.333. The number of carbonyl (C=O) groups is 1. The van der Waals surface area contributed by atoms with Gasteiger partial charge in [0.05, 0.1) is 13.3 Å². The molecular formula is C9H10FNO2. The molecule has 1 heterocycles. The molecule has 13 heavy (non-hydrogen) atoms. The van der Waals surface area contributed by atoms with Gasteiger partial charge in [-0.3, -0.25) is 9.18 Å². The van der Waals surface area contributed by atoms with Crippen LogP contribution in [-0.2, 0) is 0 Å². The molecule has 0 fully saturated rings. The first-order valence-electron chi connectivity index (χ1n) is 3.97. The summed E-state index contributed by atoms with van der Waals surface area (Å²) in [4.78, 5) is 14.1. The Kier molecular flexibility index (Phi) is 3.88. The van der Waals surface area contributed by atoms with Crippen LogP contribution in [0, 0.1) is 0 Å². The first-order valence-corrected chi connectivity index (χ1v) is 3.97. The zero-order valence-corrected chi connectivity index (χ0v) is 7.07. The van der Waals surface area contributed by atoms with Crippen LogP contribution < -0.4 is 4.74 Å². The minimum absolute atomic E-state index is 0.309. The van der Waals surface area contributed by atoms with Crippen molar-refractivity contribution < 1.29 is 13.9 Å². The number of nitrogens with zero attached hydrogens (tertiary/aromatic N) is 1. The Morgan fingerprint density at radius 2 is 2.38 bits per heavy atom. The highest BCUT2D eigenvalue weighted by Crippen LogP contribution is 2.06. The minimum atomic E-state index is -0.396. The SMILES string of the molecule is O=Cc1ccc(OCCCF)nc1. The molecule has 1 aromatic rings. The molecule has 4 heteroatoms. The third kappa shape index (κ3) is 3.19. The molecule has 0 aliphatic carbocycles. The predicted octanol–water partition coefficient (Wildman–Crippen LogP) is 1.63. The summed E-state index contributed by atoms with van der Waals surface area (Å²) >= 11 is 0. The molecule has 0 bridgehead atoms. The number of ether oxygens (including phenoxy) is 1. The number of aldehydes is 1. The van der Waals surface area contributed by atoms with Crippen molar-refractivity contribution in [2.45, 2.75) is 6.42 Å². The molecule has 0 radical (unpaired) electrons. The zero-order valence-electron chi connectivity index (χ0n) is 7.07. The summed E-state index contributed by atoms with van der Waals surface area (Å²) in [5, 5.41) is 0. The fourth-order valence-electron chi connectivity index (χ4n) is 0.778. The number of rotatable bonds is 5. The molecule has 0 atom stereocenters. The molecule has 0 amide bonds. The van der Waals surface area contributed by atoms with E-state index in [1.165, 1.54) is 6.20 Å². The van der Waals surface area contributed by atoms with Gasteiger partial charge in [0, 0.05) is 24.2 Å². The van der Waals surface area contributed by atoms with E-state index in [1.807, 2.05) is 0 Å². The summed E-state index contributed by atoms with van der Waals surface area (Å²) < 4.78 is 16.7. The predicted molar refractivity (Wildman–Crippen MR) is 45.7 cm³/mol. The van der Waals surface area contributed by atoms with Crippen molar-refractivity contribution in [1.82, 2.24) is 4.98 Å². The second-order valence-electron chi connectivity index (χ2n) is 2.44. The Labute approximate surface area is 75.6 Å². The molecule has 0 aromatic carbocycles. The van der Waals surface area contributed by atoms with Gasteiger partial charge >= 0.3 is 0 Å². The van der Waals surface area contributed by atoms with Crippen LogP contribution in [-0.4, -0.2) is 24.6 Å². The van der Waals surface area contributed by atoms with E-state index in [0.29, 0.717) is 30.8 Å². The molecule has 0 N–H and O–H groups in total. The minimum Gasteiger partial charge on any atom is -0.478 e. The third-order valence-corrected chi connectivity index (χ3v) is 1.42. The fourth-order valence-corrected chi connectivity index (χ4v) is 0.778. The van der Waals surface area contributed by atoms with Crippen molar-refractivity contribution in [2.75, 3.05) is 13.3 Å². The van der Waals surface area contributed by atoms with Crippen molar-refractivity contribution in [1.29, 1.82) is 0 Å². The van der Waals surface area contributed by atoms with E-state index in [9.17, 15) is 9.18 Å². The van der Waals surface area contributed by atoms with E-state index in [-0.39, 0.29) is 0 Å². The number of aromatic nitrogens is 1. The number of pyridine rings is 1. The maximum absolute atomic E-state index is 11.7. The van der Waals surface area contributed by atoms with Gasteiger partial charge in [-0.15, -0.1) is 0 Å². The second-order valence-corrected chi connectivity index (χ2v) is 2.44. The summed E-state index contributed by atoms with van der Waals surface area (Å²) in [6, 6.07) is 3.19. The average molecular weight is 183 g/mol. The molecule has 1 aromatic heterocycles. The van der Waals surface area contributed by atoms with E-state index in [4.69, 9.17) is 4.74 Å². The third-order valence-electron chi connectivity index (χ3n) is 1.42. The highest BCUT2D eigenvalue weighted by molar-refractivity contribution is 5.73. The van der Waals surface area contributed by atoms with Crippen LogP contribution in [0.15, 0.2) is 18.3 Å². The number of alkyl halides is 1. The summed E-state index contributed by atoms with van der Waals surface area (Å²) in [6.07, 6.45) is 2.48. The molecule has 70 valence electrons. The van der Waals surface area contributed by atoms with Gasteiger partial charge in [0.2, 0.25) is 5.88 Å². The highest BCUT2D eigenvalue weighted by atomic mass is 19.1. The first-order chi connectivity index (χ1) is 6.36. The Balaban J connectivity index is 2.44. The van der Waals surface area contributed by atoms with Gasteiger partial charge < -0.3 is 4.74 Å². The van der Waals surface area contributed by atoms with E-state index < -0.39 is 6.67 Å². The summed E-state index contributed by atoms with van der Waals surface area (Å²) in [6.45, 7) is -0.0869.